The predicted molar refractivity (Wildman–Crippen MR) is 160 cm³/mol. The van der Waals surface area contributed by atoms with E-state index in [0.717, 1.165) is 24.3 Å². The fourth-order valence-electron chi connectivity index (χ4n) is 3.88. The van der Waals surface area contributed by atoms with Crippen molar-refractivity contribution in [2.45, 2.75) is 12.4 Å². The molecule has 4 aromatic heterocycles. The lowest BCUT2D eigenvalue weighted by atomic mass is 10.1. The zero-order valence-electron chi connectivity index (χ0n) is 21.9. The van der Waals surface area contributed by atoms with Gasteiger partial charge in [0.1, 0.15) is 10.8 Å². The molecule has 0 saturated carbocycles. The van der Waals surface area contributed by atoms with E-state index in [1.165, 1.54) is 51.9 Å². The van der Waals surface area contributed by atoms with Crippen LogP contribution >= 0.6 is 50.5 Å². The Kier molecular flexibility index (Phi) is 10.2. The maximum Gasteiger partial charge on any atom is 0.416 e. The molecule has 0 aliphatic rings. The van der Waals surface area contributed by atoms with Gasteiger partial charge in [-0.2, -0.15) is 36.5 Å². The Labute approximate surface area is 267 Å². The number of aromatic amines is 1. The van der Waals surface area contributed by atoms with Crippen molar-refractivity contribution in [1.82, 2.24) is 29.2 Å². The molecular weight excluding hydrogens is 715 g/mol. The number of nitrogens with zero attached hydrogens (tertiary/aromatic N) is 5. The van der Waals surface area contributed by atoms with Crippen LogP contribution in [0.1, 0.15) is 11.1 Å². The van der Waals surface area contributed by atoms with Gasteiger partial charge in [-0.1, -0.05) is 35.9 Å². The number of halogens is 10. The highest BCUT2D eigenvalue weighted by atomic mass is 36.0. The first-order valence-electron chi connectivity index (χ1n) is 12.0. The Morgan fingerprint density at radius 1 is 0.733 bits per heavy atom. The van der Waals surface area contributed by atoms with E-state index in [0.29, 0.717) is 33.5 Å². The molecule has 0 spiro atoms. The first-order chi connectivity index (χ1) is 20.9. The molecule has 2 aromatic carbocycles. The SMILES string of the molecule is FC(F)(F)c1cccc(-c2cnn3ccc(Cl)nc23)c1.O=P(Cl)(Cl)Cl.O=c1ccn2ncc(-c3cccc(C(F)(F)F)c3)c2[nH]1. The summed E-state index contributed by atoms with van der Waals surface area (Å²) in [6, 6.07) is 12.8. The number of benzene rings is 2. The van der Waals surface area contributed by atoms with Gasteiger partial charge in [-0.25, -0.2) is 14.0 Å². The summed E-state index contributed by atoms with van der Waals surface area (Å²) in [5.74, 6) is 0. The molecule has 0 fully saturated rings. The first kappa shape index (κ1) is 34.3. The zero-order valence-corrected chi connectivity index (χ0v) is 25.8. The first-order valence-corrected chi connectivity index (χ1v) is 16.8. The molecule has 8 nitrogen and oxygen atoms in total. The lowest BCUT2D eigenvalue weighted by molar-refractivity contribution is -0.138. The quantitative estimate of drug-likeness (QED) is 0.109. The molecule has 0 aliphatic heterocycles. The minimum Gasteiger partial charge on any atom is -0.306 e. The summed E-state index contributed by atoms with van der Waals surface area (Å²) in [4.78, 5) is 18.0. The fraction of sp³-hybridized carbons (Fsp3) is 0.0769. The van der Waals surface area contributed by atoms with Crippen molar-refractivity contribution in [3.8, 4) is 22.3 Å². The van der Waals surface area contributed by atoms with Crippen LogP contribution < -0.4 is 5.56 Å². The van der Waals surface area contributed by atoms with Gasteiger partial charge in [0.05, 0.1) is 23.5 Å². The molecule has 0 atom stereocenters. The Morgan fingerprint density at radius 3 is 1.78 bits per heavy atom. The number of nitrogens with one attached hydrogen (secondary N) is 1. The molecule has 0 amide bonds. The van der Waals surface area contributed by atoms with Gasteiger partial charge in [0.2, 0.25) is 0 Å². The highest BCUT2D eigenvalue weighted by Crippen LogP contribution is 2.61. The van der Waals surface area contributed by atoms with E-state index in [1.54, 1.807) is 18.3 Å². The lowest BCUT2D eigenvalue weighted by Crippen LogP contribution is -2.06. The van der Waals surface area contributed by atoms with Crippen molar-refractivity contribution >= 4 is 61.8 Å². The molecule has 0 aliphatic carbocycles. The van der Waals surface area contributed by atoms with Crippen molar-refractivity contribution in [3.63, 3.8) is 0 Å². The maximum atomic E-state index is 12.7. The normalized spacial score (nSPS) is 12.0. The Hall–Kier alpha value is -3.55. The number of rotatable bonds is 2. The van der Waals surface area contributed by atoms with Crippen LogP contribution in [-0.4, -0.2) is 29.2 Å². The highest BCUT2D eigenvalue weighted by Gasteiger charge is 2.31. The van der Waals surface area contributed by atoms with Crippen LogP contribution in [-0.2, 0) is 16.9 Å². The highest BCUT2D eigenvalue weighted by molar-refractivity contribution is 8.24. The van der Waals surface area contributed by atoms with Gasteiger partial charge in [-0.3, -0.25) is 9.36 Å². The minimum absolute atomic E-state index is 0.256. The molecule has 6 aromatic rings. The van der Waals surface area contributed by atoms with Crippen LogP contribution in [0, 0.1) is 0 Å². The molecule has 1 N–H and O–H groups in total. The smallest absolute Gasteiger partial charge is 0.306 e. The predicted octanol–water partition coefficient (Wildman–Crippen LogP) is 9.59. The van der Waals surface area contributed by atoms with Gasteiger partial charge in [0, 0.05) is 29.6 Å². The third-order valence-corrected chi connectivity index (χ3v) is 5.95. The van der Waals surface area contributed by atoms with Crippen LogP contribution in [0.25, 0.3) is 33.5 Å². The second-order valence-electron chi connectivity index (χ2n) is 8.79. The summed E-state index contributed by atoms with van der Waals surface area (Å²) in [6.07, 6.45) is -2.86. The van der Waals surface area contributed by atoms with Gasteiger partial charge in [-0.15, -0.1) is 0 Å². The summed E-state index contributed by atoms with van der Waals surface area (Å²) in [5.41, 5.74) is 0.651. The third-order valence-electron chi connectivity index (χ3n) is 5.74. The van der Waals surface area contributed by atoms with Crippen molar-refractivity contribution in [1.29, 1.82) is 0 Å². The molecule has 4 heterocycles. The minimum atomic E-state index is -4.41. The van der Waals surface area contributed by atoms with Gasteiger partial charge in [-0.05, 0) is 75.2 Å². The molecule has 236 valence electrons. The molecule has 0 radical (unpaired) electrons. The molecule has 45 heavy (non-hydrogen) atoms. The standard InChI is InChI=1S/C13H7ClF3N3.C13H8F3N3O.Cl3OP/c14-11-4-5-20-12(19-11)10(7-18-20)8-2-1-3-9(6-8)13(15,16)17;14-13(15,16)9-3-1-2-8(6-9)10-7-17-19-5-4-11(20)18-12(10)19;1-5(2,3)4/h1-7H;1-7H,(H,18,20);. The second-order valence-corrected chi connectivity index (χ2v) is 15.8. The van der Waals surface area contributed by atoms with E-state index in [4.69, 9.17) is 11.6 Å². The van der Waals surface area contributed by atoms with E-state index < -0.39 is 28.7 Å². The van der Waals surface area contributed by atoms with Crippen molar-refractivity contribution in [3.05, 3.63) is 112 Å². The summed E-state index contributed by atoms with van der Waals surface area (Å²) in [7, 11) is 0. The van der Waals surface area contributed by atoms with E-state index in [2.05, 4.69) is 53.9 Å². The average Bonchev–Trinajstić information content (AvgIpc) is 3.55. The number of alkyl halides is 6. The van der Waals surface area contributed by atoms with Gasteiger partial charge < -0.3 is 4.98 Å². The number of aromatic nitrogens is 6. The van der Waals surface area contributed by atoms with Crippen molar-refractivity contribution in [2.75, 3.05) is 0 Å². The number of hydrogen-bond acceptors (Lipinski definition) is 5. The van der Waals surface area contributed by atoms with E-state index in [9.17, 15) is 35.7 Å². The van der Waals surface area contributed by atoms with Gasteiger partial charge in [0.15, 0.2) is 5.65 Å². The molecular formula is C26H15Cl4F6N6O2P. The summed E-state index contributed by atoms with van der Waals surface area (Å²) >= 11 is 19.7. The third kappa shape index (κ3) is 9.24. The zero-order chi connectivity index (χ0) is 33.2. The van der Waals surface area contributed by atoms with Crippen LogP contribution in [0.4, 0.5) is 26.3 Å². The molecule has 0 unspecified atom stereocenters. The Balaban J connectivity index is 0.000000179. The molecule has 6 rings (SSSR count). The van der Waals surface area contributed by atoms with E-state index in [-0.39, 0.29) is 10.7 Å². The lowest BCUT2D eigenvalue weighted by Gasteiger charge is -2.07. The summed E-state index contributed by atoms with van der Waals surface area (Å²) in [6.45, 7) is 0. The van der Waals surface area contributed by atoms with Crippen molar-refractivity contribution < 1.29 is 30.9 Å². The molecule has 0 bridgehead atoms. The number of fused-ring (bicyclic) bond motifs is 2. The summed E-state index contributed by atoms with van der Waals surface area (Å²) in [5, 5.41) is 5.07. The Morgan fingerprint density at radius 2 is 1.22 bits per heavy atom. The largest absolute Gasteiger partial charge is 0.416 e. The number of H-pyrrole nitrogens is 1. The van der Waals surface area contributed by atoms with Crippen LogP contribution in [0.15, 0.2) is 90.2 Å². The van der Waals surface area contributed by atoms with Crippen LogP contribution in [0.3, 0.4) is 0 Å². The van der Waals surface area contributed by atoms with Gasteiger partial charge in [0.25, 0.3) is 5.56 Å². The fourth-order valence-corrected chi connectivity index (χ4v) is 4.02. The number of hydrogen-bond donors (Lipinski definition) is 1. The summed E-state index contributed by atoms with van der Waals surface area (Å²) < 4.78 is 88.7. The maximum absolute atomic E-state index is 12.7. The van der Waals surface area contributed by atoms with Gasteiger partial charge >= 0.3 is 17.6 Å². The van der Waals surface area contributed by atoms with Crippen LogP contribution in [0.5, 0.6) is 0 Å². The van der Waals surface area contributed by atoms with E-state index in [1.807, 2.05) is 0 Å². The average molecular weight is 730 g/mol. The Bertz CT molecular complexity index is 2070. The monoisotopic (exact) mass is 728 g/mol. The second kappa shape index (κ2) is 13.4. The van der Waals surface area contributed by atoms with E-state index >= 15 is 0 Å². The van der Waals surface area contributed by atoms with Crippen LogP contribution in [0.2, 0.25) is 5.15 Å². The van der Waals surface area contributed by atoms with Crippen molar-refractivity contribution in [2.24, 2.45) is 0 Å². The topological polar surface area (TPSA) is 97.4 Å². The molecule has 0 saturated heterocycles. The molecule has 19 heteroatoms.